The number of aromatic nitrogens is 3. The minimum atomic E-state index is -0.0740. The van der Waals surface area contributed by atoms with Crippen LogP contribution in [0.5, 0.6) is 0 Å². The highest BCUT2D eigenvalue weighted by molar-refractivity contribution is 6.30. The first-order chi connectivity index (χ1) is 7.16. The highest BCUT2D eigenvalue weighted by atomic mass is 35.5. The topological polar surface area (TPSA) is 80.6 Å². The maximum absolute atomic E-state index is 7.26. The lowest BCUT2D eigenvalue weighted by molar-refractivity contribution is 0.877. The molecule has 0 unspecified atom stereocenters. The molecular weight excluding hydrogens is 214 g/mol. The number of hydrogen-bond acceptors (Lipinski definition) is 3. The Morgan fingerprint density at radius 2 is 2.33 bits per heavy atom. The number of nitrogens with zero attached hydrogens (tertiary/aromatic N) is 3. The van der Waals surface area contributed by atoms with Crippen molar-refractivity contribution in [1.29, 1.82) is 5.41 Å². The van der Waals surface area contributed by atoms with Gasteiger partial charge in [0.1, 0.15) is 11.5 Å². The zero-order valence-electron chi connectivity index (χ0n) is 7.68. The second-order valence-electron chi connectivity index (χ2n) is 2.92. The molecule has 0 saturated carbocycles. The largest absolute Gasteiger partial charge is 0.382 e. The number of nitrogens with two attached hydrogens (primary N) is 1. The van der Waals surface area contributed by atoms with Crippen LogP contribution in [0.3, 0.4) is 0 Å². The van der Waals surface area contributed by atoms with Gasteiger partial charge in [-0.05, 0) is 12.1 Å². The molecule has 6 heteroatoms. The third-order valence-electron chi connectivity index (χ3n) is 1.84. The van der Waals surface area contributed by atoms with Crippen LogP contribution in [-0.2, 0) is 0 Å². The highest BCUT2D eigenvalue weighted by Gasteiger charge is 2.02. The van der Waals surface area contributed by atoms with Gasteiger partial charge in [-0.25, -0.2) is 4.68 Å². The number of rotatable bonds is 2. The summed E-state index contributed by atoms with van der Waals surface area (Å²) < 4.78 is 1.59. The molecule has 0 amide bonds. The Morgan fingerprint density at radius 1 is 1.53 bits per heavy atom. The van der Waals surface area contributed by atoms with E-state index in [1.807, 2.05) is 0 Å². The summed E-state index contributed by atoms with van der Waals surface area (Å²) in [5, 5.41) is 11.8. The summed E-state index contributed by atoms with van der Waals surface area (Å²) in [6.45, 7) is 0. The van der Waals surface area contributed by atoms with Gasteiger partial charge in [0.25, 0.3) is 0 Å². The van der Waals surface area contributed by atoms with E-state index in [0.29, 0.717) is 10.7 Å². The molecule has 2 aromatic rings. The van der Waals surface area contributed by atoms with Crippen molar-refractivity contribution in [3.8, 4) is 5.69 Å². The lowest BCUT2D eigenvalue weighted by atomic mass is 10.3. The van der Waals surface area contributed by atoms with E-state index in [1.54, 1.807) is 29.2 Å². The molecule has 0 spiro atoms. The SMILES string of the molecule is N=C(N)c1cc(-n2cc(Cl)cn2)ccn1. The van der Waals surface area contributed by atoms with Gasteiger partial charge in [-0.3, -0.25) is 10.4 Å². The van der Waals surface area contributed by atoms with E-state index in [-0.39, 0.29) is 5.84 Å². The van der Waals surface area contributed by atoms with Crippen molar-refractivity contribution in [2.24, 2.45) is 5.73 Å². The number of pyridine rings is 1. The molecule has 0 saturated heterocycles. The van der Waals surface area contributed by atoms with Crippen LogP contribution in [0.25, 0.3) is 5.69 Å². The third kappa shape index (κ3) is 1.97. The molecule has 0 bridgehead atoms. The van der Waals surface area contributed by atoms with Crippen LogP contribution in [0.4, 0.5) is 0 Å². The van der Waals surface area contributed by atoms with Gasteiger partial charge >= 0.3 is 0 Å². The summed E-state index contributed by atoms with van der Waals surface area (Å²) in [4.78, 5) is 3.95. The molecule has 3 N–H and O–H groups in total. The summed E-state index contributed by atoms with van der Waals surface area (Å²) in [5.41, 5.74) is 6.51. The van der Waals surface area contributed by atoms with E-state index in [4.69, 9.17) is 22.7 Å². The Labute approximate surface area is 91.0 Å². The van der Waals surface area contributed by atoms with E-state index < -0.39 is 0 Å². The lowest BCUT2D eigenvalue weighted by Crippen LogP contribution is -2.13. The second-order valence-corrected chi connectivity index (χ2v) is 3.35. The van der Waals surface area contributed by atoms with Gasteiger partial charge in [-0.15, -0.1) is 0 Å². The molecule has 2 rings (SSSR count). The van der Waals surface area contributed by atoms with Crippen LogP contribution in [0, 0.1) is 5.41 Å². The molecule has 0 aliphatic rings. The first-order valence-electron chi connectivity index (χ1n) is 4.18. The third-order valence-corrected chi connectivity index (χ3v) is 2.03. The molecule has 76 valence electrons. The minimum absolute atomic E-state index is 0.0740. The maximum Gasteiger partial charge on any atom is 0.141 e. The van der Waals surface area contributed by atoms with Gasteiger partial charge < -0.3 is 5.73 Å². The van der Waals surface area contributed by atoms with Crippen molar-refractivity contribution in [3.05, 3.63) is 41.4 Å². The number of hydrogen-bond donors (Lipinski definition) is 2. The average molecular weight is 222 g/mol. The fourth-order valence-corrected chi connectivity index (χ4v) is 1.29. The lowest BCUT2D eigenvalue weighted by Gasteiger charge is -2.02. The first-order valence-corrected chi connectivity index (χ1v) is 4.55. The van der Waals surface area contributed by atoms with E-state index in [9.17, 15) is 0 Å². The van der Waals surface area contributed by atoms with Gasteiger partial charge in [0, 0.05) is 12.4 Å². The fourth-order valence-electron chi connectivity index (χ4n) is 1.15. The summed E-state index contributed by atoms with van der Waals surface area (Å²) in [7, 11) is 0. The van der Waals surface area contributed by atoms with E-state index in [2.05, 4.69) is 10.1 Å². The Balaban J connectivity index is 2.45. The van der Waals surface area contributed by atoms with Crippen molar-refractivity contribution in [2.45, 2.75) is 0 Å². The fraction of sp³-hybridized carbons (Fsp3) is 0. The molecule has 0 aromatic carbocycles. The zero-order chi connectivity index (χ0) is 10.8. The van der Waals surface area contributed by atoms with Crippen molar-refractivity contribution in [1.82, 2.24) is 14.8 Å². The minimum Gasteiger partial charge on any atom is -0.382 e. The summed E-state index contributed by atoms with van der Waals surface area (Å²) in [6.07, 6.45) is 4.78. The van der Waals surface area contributed by atoms with E-state index in [0.717, 1.165) is 5.69 Å². The number of amidine groups is 1. The molecular formula is C9H8ClN5. The van der Waals surface area contributed by atoms with Gasteiger partial charge in [0.2, 0.25) is 0 Å². The number of halogens is 1. The predicted octanol–water partition coefficient (Wildman–Crippen LogP) is 1.20. The Hall–Kier alpha value is -1.88. The van der Waals surface area contributed by atoms with Crippen LogP contribution in [0.15, 0.2) is 30.7 Å². The van der Waals surface area contributed by atoms with Crippen LogP contribution in [0.1, 0.15) is 5.69 Å². The van der Waals surface area contributed by atoms with Crippen LogP contribution in [-0.4, -0.2) is 20.6 Å². The van der Waals surface area contributed by atoms with Crippen LogP contribution in [0.2, 0.25) is 5.02 Å². The summed E-state index contributed by atoms with van der Waals surface area (Å²) >= 11 is 5.75. The standard InChI is InChI=1S/C9H8ClN5/c10-6-4-14-15(5-6)7-1-2-13-8(3-7)9(11)12/h1-5H,(H3,11,12). The molecule has 2 aromatic heterocycles. The molecule has 0 aliphatic carbocycles. The number of nitrogen functional groups attached to an aromatic ring is 1. The van der Waals surface area contributed by atoms with Crippen molar-refractivity contribution in [2.75, 3.05) is 0 Å². The molecule has 2 heterocycles. The molecule has 0 atom stereocenters. The Morgan fingerprint density at radius 3 is 2.93 bits per heavy atom. The van der Waals surface area contributed by atoms with Gasteiger partial charge in [0.15, 0.2) is 0 Å². The van der Waals surface area contributed by atoms with Crippen molar-refractivity contribution < 1.29 is 0 Å². The van der Waals surface area contributed by atoms with Gasteiger partial charge in [-0.2, -0.15) is 5.10 Å². The second kappa shape index (κ2) is 3.70. The normalized spacial score (nSPS) is 10.2. The quantitative estimate of drug-likeness (QED) is 0.591. The Kier molecular flexibility index (Phi) is 2.39. The van der Waals surface area contributed by atoms with E-state index in [1.165, 1.54) is 6.20 Å². The maximum atomic E-state index is 7.26. The molecule has 15 heavy (non-hydrogen) atoms. The highest BCUT2D eigenvalue weighted by Crippen LogP contribution is 2.11. The Bertz CT molecular complexity index is 505. The predicted molar refractivity (Wildman–Crippen MR) is 57.4 cm³/mol. The first kappa shape index (κ1) is 9.67. The number of nitrogens with one attached hydrogen (secondary N) is 1. The molecule has 5 nitrogen and oxygen atoms in total. The summed E-state index contributed by atoms with van der Waals surface area (Å²) in [6, 6.07) is 3.43. The average Bonchev–Trinajstić information content (AvgIpc) is 2.65. The van der Waals surface area contributed by atoms with Gasteiger partial charge in [-0.1, -0.05) is 11.6 Å². The molecule has 0 aliphatic heterocycles. The van der Waals surface area contributed by atoms with Crippen molar-refractivity contribution >= 4 is 17.4 Å². The summed E-state index contributed by atoms with van der Waals surface area (Å²) in [5.74, 6) is -0.0740. The molecule has 0 fully saturated rings. The van der Waals surface area contributed by atoms with Crippen LogP contribution >= 0.6 is 11.6 Å². The zero-order valence-corrected chi connectivity index (χ0v) is 8.44. The monoisotopic (exact) mass is 221 g/mol. The van der Waals surface area contributed by atoms with E-state index >= 15 is 0 Å². The smallest absolute Gasteiger partial charge is 0.141 e. The van der Waals surface area contributed by atoms with Gasteiger partial charge in [0.05, 0.1) is 16.9 Å². The molecule has 0 radical (unpaired) electrons. The van der Waals surface area contributed by atoms with Crippen LogP contribution < -0.4 is 5.73 Å². The van der Waals surface area contributed by atoms with Crippen molar-refractivity contribution in [3.63, 3.8) is 0 Å².